The Morgan fingerprint density at radius 1 is 0.370 bits per heavy atom. The van der Waals surface area contributed by atoms with E-state index in [-0.39, 0.29) is 0 Å². The normalized spacial score (nSPS) is 13.1. The summed E-state index contributed by atoms with van der Waals surface area (Å²) in [6.07, 6.45) is 35.8. The summed E-state index contributed by atoms with van der Waals surface area (Å²) < 4.78 is 0. The van der Waals surface area contributed by atoms with Gasteiger partial charge in [-0.3, -0.25) is 0 Å². The minimum atomic E-state index is 0.780. The van der Waals surface area contributed by atoms with Gasteiger partial charge >= 0.3 is 0 Å². The van der Waals surface area contributed by atoms with Crippen LogP contribution in [0.4, 0.5) is 0 Å². The Kier molecular flexibility index (Phi) is 18.7. The Hall–Kier alpha value is -2.86. The molecule has 0 aliphatic carbocycles. The monoisotopic (exact) mass is 727 g/mol. The average Bonchev–Trinajstić information content (AvgIpc) is 3.19. The van der Waals surface area contributed by atoms with Gasteiger partial charge in [-0.15, -0.1) is 0 Å². The van der Waals surface area contributed by atoms with E-state index in [1.807, 2.05) is 0 Å². The molecule has 0 N–H and O–H groups in total. The highest BCUT2D eigenvalue weighted by Crippen LogP contribution is 2.39. The van der Waals surface area contributed by atoms with Crippen molar-refractivity contribution in [3.8, 4) is 11.1 Å². The van der Waals surface area contributed by atoms with Gasteiger partial charge < -0.3 is 0 Å². The van der Waals surface area contributed by atoms with Crippen LogP contribution in [-0.4, -0.2) is 0 Å². The van der Waals surface area contributed by atoms with Crippen molar-refractivity contribution in [2.75, 3.05) is 0 Å². The second-order valence-corrected chi connectivity index (χ2v) is 17.5. The first-order valence-corrected chi connectivity index (χ1v) is 23.4. The highest BCUT2D eigenvalue weighted by molar-refractivity contribution is 6.23. The van der Waals surface area contributed by atoms with E-state index in [2.05, 4.69) is 100 Å². The van der Waals surface area contributed by atoms with Crippen molar-refractivity contribution >= 4 is 32.3 Å². The topological polar surface area (TPSA) is 0 Å². The molecule has 0 aromatic heterocycles. The molecular formula is C54H78. The van der Waals surface area contributed by atoms with E-state index in [1.54, 1.807) is 11.1 Å². The lowest BCUT2D eigenvalue weighted by Crippen LogP contribution is -2.09. The minimum absolute atomic E-state index is 0.780. The molecule has 0 spiro atoms. The fourth-order valence-electron chi connectivity index (χ4n) is 9.59. The number of benzene rings is 5. The molecule has 5 rings (SSSR count). The first-order valence-electron chi connectivity index (χ1n) is 23.4. The highest BCUT2D eigenvalue weighted by Gasteiger charge is 2.18. The molecule has 0 heteroatoms. The molecule has 0 aliphatic heterocycles. The van der Waals surface area contributed by atoms with Gasteiger partial charge in [0.25, 0.3) is 0 Å². The Morgan fingerprint density at radius 3 is 1.28 bits per heavy atom. The maximum absolute atomic E-state index is 2.67. The molecule has 0 aliphatic rings. The minimum Gasteiger partial charge on any atom is -0.0654 e. The van der Waals surface area contributed by atoms with Crippen LogP contribution >= 0.6 is 0 Å². The van der Waals surface area contributed by atoms with E-state index >= 15 is 0 Å². The van der Waals surface area contributed by atoms with Gasteiger partial charge in [-0.25, -0.2) is 0 Å². The van der Waals surface area contributed by atoms with Crippen molar-refractivity contribution in [1.29, 1.82) is 0 Å². The summed E-state index contributed by atoms with van der Waals surface area (Å²) in [5.41, 5.74) is 6.11. The van der Waals surface area contributed by atoms with Crippen molar-refractivity contribution in [2.45, 2.75) is 195 Å². The molecule has 0 amide bonds. The van der Waals surface area contributed by atoms with Crippen LogP contribution in [0, 0.1) is 11.8 Å². The average molecular weight is 727 g/mol. The van der Waals surface area contributed by atoms with Crippen LogP contribution in [0.5, 0.6) is 0 Å². The summed E-state index contributed by atoms with van der Waals surface area (Å²) in [5.74, 6) is 1.58. The molecule has 0 nitrogen and oxygen atoms in total. The van der Waals surface area contributed by atoms with E-state index in [4.69, 9.17) is 0 Å². The predicted octanol–water partition coefficient (Wildman–Crippen LogP) is 18.0. The molecule has 2 atom stereocenters. The maximum Gasteiger partial charge on any atom is -0.00264 e. The summed E-state index contributed by atoms with van der Waals surface area (Å²) in [6.45, 7) is 9.36. The van der Waals surface area contributed by atoms with Crippen LogP contribution < -0.4 is 0 Å². The third kappa shape index (κ3) is 12.8. The van der Waals surface area contributed by atoms with Gasteiger partial charge in [0.15, 0.2) is 0 Å². The van der Waals surface area contributed by atoms with Crippen molar-refractivity contribution in [2.24, 2.45) is 11.8 Å². The Labute approximate surface area is 332 Å². The Bertz CT molecular complexity index is 1680. The molecule has 54 heavy (non-hydrogen) atoms. The van der Waals surface area contributed by atoms with Gasteiger partial charge in [-0.05, 0) is 91.4 Å². The summed E-state index contributed by atoms with van der Waals surface area (Å²) >= 11 is 0. The Balaban J connectivity index is 1.45. The summed E-state index contributed by atoms with van der Waals surface area (Å²) in [6, 6.07) is 29.1. The van der Waals surface area contributed by atoms with Crippen molar-refractivity contribution in [3.05, 3.63) is 83.9 Å². The van der Waals surface area contributed by atoms with Crippen molar-refractivity contribution in [1.82, 2.24) is 0 Å². The lowest BCUT2D eigenvalue weighted by atomic mass is 9.83. The summed E-state index contributed by atoms with van der Waals surface area (Å²) in [5, 5.41) is 8.37. The highest BCUT2D eigenvalue weighted by atomic mass is 14.2. The van der Waals surface area contributed by atoms with Crippen LogP contribution in [0.2, 0.25) is 0 Å². The lowest BCUT2D eigenvalue weighted by molar-refractivity contribution is 0.400. The third-order valence-corrected chi connectivity index (χ3v) is 12.8. The first kappa shape index (κ1) is 42.3. The lowest BCUT2D eigenvalue weighted by Gasteiger charge is -2.22. The predicted molar refractivity (Wildman–Crippen MR) is 243 cm³/mol. The second kappa shape index (κ2) is 23.9. The Morgan fingerprint density at radius 2 is 0.778 bits per heavy atom. The van der Waals surface area contributed by atoms with E-state index < -0.39 is 0 Å². The molecular weight excluding hydrogens is 649 g/mol. The molecule has 0 bridgehead atoms. The zero-order valence-electron chi connectivity index (χ0n) is 35.5. The molecule has 2 unspecified atom stereocenters. The van der Waals surface area contributed by atoms with Crippen molar-refractivity contribution < 1.29 is 0 Å². The van der Waals surface area contributed by atoms with Crippen LogP contribution in [-0.2, 0) is 12.8 Å². The van der Waals surface area contributed by atoms with Gasteiger partial charge in [0.2, 0.25) is 0 Å². The van der Waals surface area contributed by atoms with Crippen LogP contribution in [0.1, 0.15) is 193 Å². The molecule has 5 aromatic rings. The van der Waals surface area contributed by atoms with Gasteiger partial charge in [0, 0.05) is 0 Å². The molecule has 0 heterocycles. The van der Waals surface area contributed by atoms with Gasteiger partial charge in [-0.1, -0.05) is 242 Å². The van der Waals surface area contributed by atoms with Crippen LogP contribution in [0.15, 0.2) is 72.8 Å². The van der Waals surface area contributed by atoms with E-state index in [1.165, 1.54) is 210 Å². The van der Waals surface area contributed by atoms with Crippen molar-refractivity contribution in [3.63, 3.8) is 0 Å². The van der Waals surface area contributed by atoms with Gasteiger partial charge in [0.05, 0.1) is 0 Å². The van der Waals surface area contributed by atoms with Gasteiger partial charge in [0.1, 0.15) is 0 Å². The standard InChI is InChI=1S/C54H78/c1-5-9-13-17-19-23-27-43(26-21-15-11-7-3)38-45-32-33-48(39-44(28-22-16-12-8-4)29-24-20-18-14-10-6-2)52(40-45)51-41-49-36-34-46-30-25-31-47-35-37-50(42-51)54(49)53(46)47/h25,30-37,40-44H,5-24,26-29,38-39H2,1-4H3. The number of hydrogen-bond donors (Lipinski definition) is 0. The fraction of sp³-hybridized carbons (Fsp3) is 0.593. The molecule has 0 radical (unpaired) electrons. The molecule has 0 saturated heterocycles. The number of hydrogen-bond acceptors (Lipinski definition) is 0. The first-order chi connectivity index (χ1) is 26.6. The number of rotatable bonds is 29. The fourth-order valence-corrected chi connectivity index (χ4v) is 9.59. The van der Waals surface area contributed by atoms with E-state index in [0.29, 0.717) is 0 Å². The maximum atomic E-state index is 2.67. The summed E-state index contributed by atoms with van der Waals surface area (Å²) in [4.78, 5) is 0. The third-order valence-electron chi connectivity index (χ3n) is 12.8. The molecule has 5 aromatic carbocycles. The molecule has 0 saturated carbocycles. The van der Waals surface area contributed by atoms with Crippen LogP contribution in [0.3, 0.4) is 0 Å². The number of unbranched alkanes of at least 4 members (excludes halogenated alkanes) is 16. The molecule has 0 fully saturated rings. The zero-order chi connectivity index (χ0) is 37.8. The SMILES string of the molecule is CCCCCCCCC(CCCCCC)Cc1ccc(CC(CCCCCC)CCCCCCCC)c(-c2cc3ccc4cccc5ccc(c2)c3c45)c1. The van der Waals surface area contributed by atoms with E-state index in [0.717, 1.165) is 11.8 Å². The second-order valence-electron chi connectivity index (χ2n) is 17.5. The largest absolute Gasteiger partial charge is 0.0654 e. The van der Waals surface area contributed by atoms with Crippen LogP contribution in [0.25, 0.3) is 43.4 Å². The smallest absolute Gasteiger partial charge is 0.00264 e. The quantitative estimate of drug-likeness (QED) is 0.0340. The zero-order valence-corrected chi connectivity index (χ0v) is 35.5. The molecule has 294 valence electrons. The van der Waals surface area contributed by atoms with E-state index in [9.17, 15) is 0 Å². The van der Waals surface area contributed by atoms with Gasteiger partial charge in [-0.2, -0.15) is 0 Å². The summed E-state index contributed by atoms with van der Waals surface area (Å²) in [7, 11) is 0.